The van der Waals surface area contributed by atoms with Gasteiger partial charge in [0.15, 0.2) is 5.11 Å². The van der Waals surface area contributed by atoms with Crippen molar-refractivity contribution in [1.82, 2.24) is 10.6 Å². The molecule has 0 bridgehead atoms. The Morgan fingerprint density at radius 2 is 1.93 bits per heavy atom. The zero-order chi connectivity index (χ0) is 20.4. The second-order valence-electron chi connectivity index (χ2n) is 5.83. The molecule has 0 aromatic heterocycles. The fourth-order valence-corrected chi connectivity index (χ4v) is 2.53. The number of nitrogens with one attached hydrogen (secondary N) is 3. The molecule has 7 heteroatoms. The van der Waals surface area contributed by atoms with Crippen LogP contribution in [0.25, 0.3) is 0 Å². The monoisotopic (exact) mass is 397 g/mol. The SMILES string of the molecule is C=CCNC(=O)c1ccccc1NC(=S)NC(=O)c1cccc(OCCC)c1. The van der Waals surface area contributed by atoms with Gasteiger partial charge < -0.3 is 15.4 Å². The summed E-state index contributed by atoms with van der Waals surface area (Å²) in [5, 5.41) is 8.32. The number of thiocarbonyl (C=S) groups is 1. The van der Waals surface area contributed by atoms with Crippen molar-refractivity contribution in [1.29, 1.82) is 0 Å². The van der Waals surface area contributed by atoms with Crippen LogP contribution < -0.4 is 20.7 Å². The zero-order valence-electron chi connectivity index (χ0n) is 15.7. The second-order valence-corrected chi connectivity index (χ2v) is 6.24. The lowest BCUT2D eigenvalue weighted by molar-refractivity contribution is 0.0956. The molecule has 0 radical (unpaired) electrons. The van der Waals surface area contributed by atoms with E-state index >= 15 is 0 Å². The fourth-order valence-electron chi connectivity index (χ4n) is 2.33. The van der Waals surface area contributed by atoms with E-state index in [4.69, 9.17) is 17.0 Å². The van der Waals surface area contributed by atoms with Gasteiger partial charge in [-0.3, -0.25) is 14.9 Å². The Morgan fingerprint density at radius 1 is 1.14 bits per heavy atom. The molecule has 0 saturated heterocycles. The van der Waals surface area contributed by atoms with Crippen molar-refractivity contribution < 1.29 is 14.3 Å². The van der Waals surface area contributed by atoms with E-state index in [9.17, 15) is 9.59 Å². The molecule has 2 amide bonds. The van der Waals surface area contributed by atoms with Gasteiger partial charge in [-0.15, -0.1) is 6.58 Å². The van der Waals surface area contributed by atoms with Gasteiger partial charge in [0.2, 0.25) is 0 Å². The van der Waals surface area contributed by atoms with E-state index in [1.165, 1.54) is 0 Å². The van der Waals surface area contributed by atoms with Gasteiger partial charge in [0.1, 0.15) is 5.75 Å². The van der Waals surface area contributed by atoms with Crippen LogP contribution >= 0.6 is 12.2 Å². The maximum atomic E-state index is 12.4. The topological polar surface area (TPSA) is 79.5 Å². The molecule has 2 aromatic carbocycles. The predicted molar refractivity (Wildman–Crippen MR) is 115 cm³/mol. The van der Waals surface area contributed by atoms with Crippen molar-refractivity contribution in [2.24, 2.45) is 0 Å². The highest BCUT2D eigenvalue weighted by Crippen LogP contribution is 2.16. The number of carbonyl (C=O) groups is 2. The summed E-state index contributed by atoms with van der Waals surface area (Å²) in [7, 11) is 0. The maximum absolute atomic E-state index is 12.4. The number of carbonyl (C=O) groups excluding carboxylic acids is 2. The molecule has 0 aliphatic heterocycles. The van der Waals surface area contributed by atoms with E-state index in [1.54, 1.807) is 54.6 Å². The third-order valence-corrected chi connectivity index (χ3v) is 3.83. The van der Waals surface area contributed by atoms with Crippen LogP contribution in [0, 0.1) is 0 Å². The van der Waals surface area contributed by atoms with Gasteiger partial charge in [0, 0.05) is 12.1 Å². The van der Waals surface area contributed by atoms with Crippen molar-refractivity contribution >= 4 is 34.8 Å². The van der Waals surface area contributed by atoms with E-state index in [0.29, 0.717) is 35.7 Å². The first-order valence-corrected chi connectivity index (χ1v) is 9.29. The smallest absolute Gasteiger partial charge is 0.257 e. The Bertz CT molecular complexity index is 867. The molecule has 146 valence electrons. The van der Waals surface area contributed by atoms with Gasteiger partial charge >= 0.3 is 0 Å². The van der Waals surface area contributed by atoms with Crippen LogP contribution in [-0.2, 0) is 0 Å². The molecule has 0 saturated carbocycles. The number of para-hydroxylation sites is 1. The summed E-state index contributed by atoms with van der Waals surface area (Å²) in [4.78, 5) is 24.7. The Hall–Kier alpha value is -3.19. The quantitative estimate of drug-likeness (QED) is 0.469. The van der Waals surface area contributed by atoms with Gasteiger partial charge in [-0.2, -0.15) is 0 Å². The molecule has 0 spiro atoms. The minimum absolute atomic E-state index is 0.0915. The Balaban J connectivity index is 2.03. The molecule has 2 aromatic rings. The lowest BCUT2D eigenvalue weighted by atomic mass is 10.1. The van der Waals surface area contributed by atoms with Crippen molar-refractivity contribution in [2.45, 2.75) is 13.3 Å². The fraction of sp³-hybridized carbons (Fsp3) is 0.190. The first kappa shape index (κ1) is 21.1. The summed E-state index contributed by atoms with van der Waals surface area (Å²) in [5.74, 6) is -0.0106. The number of rotatable bonds is 8. The number of hydrogen-bond donors (Lipinski definition) is 3. The van der Waals surface area contributed by atoms with E-state index in [2.05, 4.69) is 22.5 Å². The van der Waals surface area contributed by atoms with E-state index in [0.717, 1.165) is 6.42 Å². The van der Waals surface area contributed by atoms with Crippen LogP contribution in [0.15, 0.2) is 61.2 Å². The van der Waals surface area contributed by atoms with Gasteiger partial charge in [-0.25, -0.2) is 0 Å². The molecular formula is C21H23N3O3S. The summed E-state index contributed by atoms with van der Waals surface area (Å²) in [6.07, 6.45) is 2.47. The molecule has 0 atom stereocenters. The highest BCUT2D eigenvalue weighted by atomic mass is 32.1. The van der Waals surface area contributed by atoms with Gasteiger partial charge in [0.25, 0.3) is 11.8 Å². The maximum Gasteiger partial charge on any atom is 0.257 e. The van der Waals surface area contributed by atoms with Crippen LogP contribution in [0.5, 0.6) is 5.75 Å². The van der Waals surface area contributed by atoms with Crippen molar-refractivity contribution in [3.63, 3.8) is 0 Å². The molecule has 0 aliphatic rings. The molecule has 3 N–H and O–H groups in total. The predicted octanol–water partition coefficient (Wildman–Crippen LogP) is 3.52. The first-order valence-electron chi connectivity index (χ1n) is 8.88. The molecule has 0 fully saturated rings. The highest BCUT2D eigenvalue weighted by molar-refractivity contribution is 7.80. The minimum Gasteiger partial charge on any atom is -0.494 e. The van der Waals surface area contributed by atoms with Crippen LogP contribution in [0.1, 0.15) is 34.1 Å². The molecule has 0 unspecified atom stereocenters. The third-order valence-electron chi connectivity index (χ3n) is 3.62. The number of ether oxygens (including phenoxy) is 1. The number of hydrogen-bond acceptors (Lipinski definition) is 4. The average molecular weight is 398 g/mol. The molecular weight excluding hydrogens is 374 g/mol. The molecule has 28 heavy (non-hydrogen) atoms. The standard InChI is InChI=1S/C21H23N3O3S/c1-3-12-22-20(26)17-10-5-6-11-18(17)23-21(28)24-19(25)15-8-7-9-16(14-15)27-13-4-2/h3,5-11,14H,1,4,12-13H2,2H3,(H,22,26)(H2,23,24,25,28). The van der Waals surface area contributed by atoms with Crippen molar-refractivity contribution in [3.8, 4) is 5.75 Å². The minimum atomic E-state index is -0.368. The second kappa shape index (κ2) is 10.8. The van der Waals surface area contributed by atoms with Crippen LogP contribution in [0.2, 0.25) is 0 Å². The van der Waals surface area contributed by atoms with Crippen molar-refractivity contribution in [2.75, 3.05) is 18.5 Å². The summed E-state index contributed by atoms with van der Waals surface area (Å²) in [6, 6.07) is 13.8. The van der Waals surface area contributed by atoms with Gasteiger partial charge in [0.05, 0.1) is 17.9 Å². The summed E-state index contributed by atoms with van der Waals surface area (Å²) < 4.78 is 5.54. The van der Waals surface area contributed by atoms with Crippen LogP contribution in [0.4, 0.5) is 5.69 Å². The van der Waals surface area contributed by atoms with Crippen LogP contribution in [0.3, 0.4) is 0 Å². The van der Waals surface area contributed by atoms with E-state index in [1.807, 2.05) is 6.92 Å². The molecule has 0 heterocycles. The normalized spacial score (nSPS) is 9.89. The Labute approximate surface area is 170 Å². The number of anilines is 1. The van der Waals surface area contributed by atoms with E-state index < -0.39 is 0 Å². The summed E-state index contributed by atoms with van der Waals surface area (Å²) in [6.45, 7) is 6.51. The Morgan fingerprint density at radius 3 is 2.68 bits per heavy atom. The van der Waals surface area contributed by atoms with Crippen LogP contribution in [-0.4, -0.2) is 30.1 Å². The highest BCUT2D eigenvalue weighted by Gasteiger charge is 2.13. The molecule has 0 aliphatic carbocycles. The number of benzene rings is 2. The Kier molecular flexibility index (Phi) is 8.17. The lowest BCUT2D eigenvalue weighted by Gasteiger charge is -2.13. The number of amides is 2. The summed E-state index contributed by atoms with van der Waals surface area (Å²) in [5.41, 5.74) is 1.33. The van der Waals surface area contributed by atoms with E-state index in [-0.39, 0.29) is 16.9 Å². The third kappa shape index (κ3) is 6.21. The molecule has 6 nitrogen and oxygen atoms in total. The summed E-state index contributed by atoms with van der Waals surface area (Å²) >= 11 is 5.23. The first-order chi connectivity index (χ1) is 13.5. The van der Waals surface area contributed by atoms with Gasteiger partial charge in [-0.05, 0) is 49.0 Å². The lowest BCUT2D eigenvalue weighted by Crippen LogP contribution is -2.35. The largest absolute Gasteiger partial charge is 0.494 e. The van der Waals surface area contributed by atoms with Gasteiger partial charge in [-0.1, -0.05) is 31.2 Å². The average Bonchev–Trinajstić information content (AvgIpc) is 2.71. The zero-order valence-corrected chi connectivity index (χ0v) is 16.5. The molecule has 2 rings (SSSR count). The van der Waals surface area contributed by atoms with Crippen molar-refractivity contribution in [3.05, 3.63) is 72.3 Å².